The molecule has 0 heterocycles. The highest BCUT2D eigenvalue weighted by Crippen LogP contribution is 2.05. The van der Waals surface area contributed by atoms with Gasteiger partial charge in [-0.05, 0) is 19.4 Å². The summed E-state index contributed by atoms with van der Waals surface area (Å²) in [7, 11) is 0. The second-order valence-electron chi connectivity index (χ2n) is 3.99. The van der Waals surface area contributed by atoms with Gasteiger partial charge in [0.2, 0.25) is 5.91 Å². The zero-order valence-corrected chi connectivity index (χ0v) is 10.1. The fourth-order valence-electron chi connectivity index (χ4n) is 1.38. The molecule has 0 bridgehead atoms. The number of benzene rings is 1. The minimum atomic E-state index is -0.0253. The van der Waals surface area contributed by atoms with E-state index in [0.29, 0.717) is 6.61 Å². The molecule has 16 heavy (non-hydrogen) atoms. The molecule has 0 fully saturated rings. The lowest BCUT2D eigenvalue weighted by Gasteiger charge is -2.21. The maximum atomic E-state index is 10.9. The first-order valence-corrected chi connectivity index (χ1v) is 5.52. The molecule has 0 saturated heterocycles. The fourth-order valence-corrected chi connectivity index (χ4v) is 1.38. The number of amides is 1. The Balaban J connectivity index is 2.35. The molecule has 2 atom stereocenters. The van der Waals surface area contributed by atoms with E-state index >= 15 is 0 Å². The van der Waals surface area contributed by atoms with E-state index < -0.39 is 0 Å². The molecule has 1 amide bonds. The lowest BCUT2D eigenvalue weighted by atomic mass is 10.2. The molecule has 0 spiro atoms. The molecule has 88 valence electrons. The van der Waals surface area contributed by atoms with Crippen LogP contribution in [-0.4, -0.2) is 18.1 Å². The van der Waals surface area contributed by atoms with Crippen LogP contribution >= 0.6 is 0 Å². The normalized spacial score (nSPS) is 14.2. The summed E-state index contributed by atoms with van der Waals surface area (Å²) >= 11 is 0. The molecule has 3 nitrogen and oxygen atoms in total. The third-order valence-electron chi connectivity index (χ3n) is 2.49. The number of carbonyl (C=O) groups excluding carboxylic acids is 1. The van der Waals surface area contributed by atoms with Gasteiger partial charge in [-0.2, -0.15) is 0 Å². The topological polar surface area (TPSA) is 38.3 Å². The van der Waals surface area contributed by atoms with Gasteiger partial charge in [0.25, 0.3) is 0 Å². The molecule has 0 aliphatic heterocycles. The van der Waals surface area contributed by atoms with Crippen LogP contribution in [0.1, 0.15) is 26.3 Å². The van der Waals surface area contributed by atoms with Crippen molar-refractivity contribution in [1.29, 1.82) is 0 Å². The van der Waals surface area contributed by atoms with Crippen LogP contribution in [0.5, 0.6) is 0 Å². The van der Waals surface area contributed by atoms with Gasteiger partial charge in [-0.3, -0.25) is 4.79 Å². The number of hydrogen-bond donors (Lipinski definition) is 1. The Labute approximate surface area is 96.8 Å². The summed E-state index contributed by atoms with van der Waals surface area (Å²) in [6.45, 7) is 5.99. The van der Waals surface area contributed by atoms with Crippen LogP contribution in [0.25, 0.3) is 0 Å². The minimum Gasteiger partial charge on any atom is -0.372 e. The van der Waals surface area contributed by atoms with E-state index in [9.17, 15) is 4.79 Å². The third-order valence-corrected chi connectivity index (χ3v) is 2.49. The first-order chi connectivity index (χ1) is 7.59. The van der Waals surface area contributed by atoms with Crippen LogP contribution in [0.4, 0.5) is 0 Å². The minimum absolute atomic E-state index is 0.00380. The van der Waals surface area contributed by atoms with Crippen molar-refractivity contribution in [2.75, 3.05) is 0 Å². The third kappa shape index (κ3) is 4.45. The Hall–Kier alpha value is -1.35. The van der Waals surface area contributed by atoms with E-state index in [0.717, 1.165) is 5.56 Å². The maximum absolute atomic E-state index is 10.9. The van der Waals surface area contributed by atoms with E-state index in [2.05, 4.69) is 5.32 Å². The lowest BCUT2D eigenvalue weighted by molar-refractivity contribution is -0.120. The number of ether oxygens (including phenoxy) is 1. The number of rotatable bonds is 5. The number of hydrogen-bond acceptors (Lipinski definition) is 2. The Kier molecular flexibility index (Phi) is 4.99. The highest BCUT2D eigenvalue weighted by molar-refractivity contribution is 5.73. The SMILES string of the molecule is CC(=O)NC(C)C(C)OCc1ccccc1. The molecule has 1 aromatic rings. The molecule has 1 rings (SSSR count). The molecular formula is C13H19NO2. The molecule has 2 unspecified atom stereocenters. The van der Waals surface area contributed by atoms with E-state index in [1.807, 2.05) is 44.2 Å². The summed E-state index contributed by atoms with van der Waals surface area (Å²) < 4.78 is 5.68. The van der Waals surface area contributed by atoms with Crippen molar-refractivity contribution in [1.82, 2.24) is 5.32 Å². The van der Waals surface area contributed by atoms with Crippen LogP contribution in [-0.2, 0) is 16.1 Å². The average Bonchev–Trinajstić information content (AvgIpc) is 2.26. The van der Waals surface area contributed by atoms with Crippen LogP contribution in [0, 0.1) is 0 Å². The fraction of sp³-hybridized carbons (Fsp3) is 0.462. The molecule has 0 saturated carbocycles. The molecule has 0 radical (unpaired) electrons. The summed E-state index contributed by atoms with van der Waals surface area (Å²) in [6.07, 6.45) is 0.00380. The second kappa shape index (κ2) is 6.28. The first kappa shape index (κ1) is 12.7. The van der Waals surface area contributed by atoms with Gasteiger partial charge in [0.05, 0.1) is 18.8 Å². The standard InChI is InChI=1S/C13H19NO2/c1-10(14-12(3)15)11(2)16-9-13-7-5-4-6-8-13/h4-8,10-11H,9H2,1-3H3,(H,14,15). The van der Waals surface area contributed by atoms with Crippen molar-refractivity contribution in [2.45, 2.75) is 39.5 Å². The van der Waals surface area contributed by atoms with Gasteiger partial charge in [-0.25, -0.2) is 0 Å². The van der Waals surface area contributed by atoms with Crippen LogP contribution in [0.3, 0.4) is 0 Å². The van der Waals surface area contributed by atoms with Crippen LogP contribution in [0.15, 0.2) is 30.3 Å². The average molecular weight is 221 g/mol. The quantitative estimate of drug-likeness (QED) is 0.827. The molecule has 3 heteroatoms. The number of nitrogens with one attached hydrogen (secondary N) is 1. The Morgan fingerprint density at radius 3 is 2.50 bits per heavy atom. The molecule has 0 aliphatic rings. The first-order valence-electron chi connectivity index (χ1n) is 5.52. The van der Waals surface area contributed by atoms with E-state index in [4.69, 9.17) is 4.74 Å². The van der Waals surface area contributed by atoms with Gasteiger partial charge in [-0.1, -0.05) is 30.3 Å². The Morgan fingerprint density at radius 1 is 1.31 bits per heavy atom. The molecular weight excluding hydrogens is 202 g/mol. The predicted octanol–water partition coefficient (Wildman–Crippen LogP) is 2.12. The van der Waals surface area contributed by atoms with E-state index in [-0.39, 0.29) is 18.1 Å². The van der Waals surface area contributed by atoms with Gasteiger partial charge in [0, 0.05) is 6.92 Å². The zero-order valence-electron chi connectivity index (χ0n) is 10.1. The van der Waals surface area contributed by atoms with Crippen LogP contribution in [0.2, 0.25) is 0 Å². The highest BCUT2D eigenvalue weighted by atomic mass is 16.5. The van der Waals surface area contributed by atoms with E-state index in [1.165, 1.54) is 6.92 Å². The monoisotopic (exact) mass is 221 g/mol. The zero-order chi connectivity index (χ0) is 12.0. The molecule has 1 aromatic carbocycles. The van der Waals surface area contributed by atoms with Gasteiger partial charge in [0.15, 0.2) is 0 Å². The summed E-state index contributed by atoms with van der Waals surface area (Å²) in [4.78, 5) is 10.9. The van der Waals surface area contributed by atoms with Gasteiger partial charge in [0.1, 0.15) is 0 Å². The second-order valence-corrected chi connectivity index (χ2v) is 3.99. The van der Waals surface area contributed by atoms with Crippen molar-refractivity contribution in [3.8, 4) is 0 Å². The van der Waals surface area contributed by atoms with Gasteiger partial charge >= 0.3 is 0 Å². The lowest BCUT2D eigenvalue weighted by Crippen LogP contribution is -2.39. The Bertz CT molecular complexity index is 324. The molecule has 0 aromatic heterocycles. The summed E-state index contributed by atoms with van der Waals surface area (Å²) in [5.41, 5.74) is 1.14. The van der Waals surface area contributed by atoms with Crippen molar-refractivity contribution in [2.24, 2.45) is 0 Å². The molecule has 0 aliphatic carbocycles. The van der Waals surface area contributed by atoms with Crippen molar-refractivity contribution < 1.29 is 9.53 Å². The predicted molar refractivity (Wildman–Crippen MR) is 64.0 cm³/mol. The van der Waals surface area contributed by atoms with Crippen molar-refractivity contribution in [3.05, 3.63) is 35.9 Å². The van der Waals surface area contributed by atoms with E-state index in [1.54, 1.807) is 0 Å². The molecule has 1 N–H and O–H groups in total. The summed E-state index contributed by atoms with van der Waals surface area (Å²) in [5.74, 6) is -0.0253. The Morgan fingerprint density at radius 2 is 1.94 bits per heavy atom. The summed E-state index contributed by atoms with van der Waals surface area (Å²) in [5, 5.41) is 2.81. The van der Waals surface area contributed by atoms with Gasteiger partial charge in [-0.15, -0.1) is 0 Å². The largest absolute Gasteiger partial charge is 0.372 e. The highest BCUT2D eigenvalue weighted by Gasteiger charge is 2.13. The number of carbonyl (C=O) groups is 1. The van der Waals surface area contributed by atoms with Crippen LogP contribution < -0.4 is 5.32 Å². The maximum Gasteiger partial charge on any atom is 0.217 e. The smallest absolute Gasteiger partial charge is 0.217 e. The van der Waals surface area contributed by atoms with Crippen molar-refractivity contribution >= 4 is 5.91 Å². The summed E-state index contributed by atoms with van der Waals surface area (Å²) in [6, 6.07) is 10.0. The van der Waals surface area contributed by atoms with Crippen molar-refractivity contribution in [3.63, 3.8) is 0 Å². The van der Waals surface area contributed by atoms with Gasteiger partial charge < -0.3 is 10.1 Å².